The molecule has 0 amide bonds. The minimum absolute atomic E-state index is 0.0283. The monoisotopic (exact) mass is 511 g/mol. The summed E-state index contributed by atoms with van der Waals surface area (Å²) in [5, 5.41) is 36.3. The molecule has 1 aromatic rings. The zero-order chi connectivity index (χ0) is 26.4. The van der Waals surface area contributed by atoms with Crippen molar-refractivity contribution < 1.29 is 15.3 Å². The van der Waals surface area contributed by atoms with Crippen molar-refractivity contribution in [1.82, 2.24) is 5.32 Å². The molecular weight excluding hydrogens is 458 g/mol. The van der Waals surface area contributed by atoms with E-state index in [2.05, 4.69) is 33.0 Å². The van der Waals surface area contributed by atoms with Crippen molar-refractivity contribution in [1.29, 1.82) is 0 Å². The van der Waals surface area contributed by atoms with E-state index in [1.807, 2.05) is 30.3 Å². The van der Waals surface area contributed by atoms with Gasteiger partial charge in [-0.2, -0.15) is 0 Å². The summed E-state index contributed by atoms with van der Waals surface area (Å²) >= 11 is 0. The van der Waals surface area contributed by atoms with Crippen LogP contribution in [0.15, 0.2) is 30.3 Å². The predicted molar refractivity (Wildman–Crippen MR) is 150 cm³/mol. The van der Waals surface area contributed by atoms with Crippen molar-refractivity contribution >= 4 is 0 Å². The van der Waals surface area contributed by atoms with Gasteiger partial charge in [-0.1, -0.05) is 51.1 Å². The van der Waals surface area contributed by atoms with Crippen LogP contribution >= 0.6 is 0 Å². The minimum atomic E-state index is -0.483. The maximum Gasteiger partial charge on any atom is 0.0940 e. The number of hydrogen-bond acceptors (Lipinski definition) is 4. The lowest BCUT2D eigenvalue weighted by molar-refractivity contribution is -0.174. The summed E-state index contributed by atoms with van der Waals surface area (Å²) < 4.78 is 0. The summed E-state index contributed by atoms with van der Waals surface area (Å²) in [5.41, 5.74) is 1.32. The van der Waals surface area contributed by atoms with Crippen LogP contribution in [0.2, 0.25) is 0 Å². The van der Waals surface area contributed by atoms with Crippen LogP contribution in [-0.4, -0.2) is 40.1 Å². The highest BCUT2D eigenvalue weighted by atomic mass is 16.3. The van der Waals surface area contributed by atoms with Crippen LogP contribution < -0.4 is 5.32 Å². The fourth-order valence-corrected chi connectivity index (χ4v) is 10.2. The SMILES string of the molecule is CC(CCCNC(C)C(O)c1ccccc1)C1CCC2C3CCC4CC(O)CCC4(C)C3CC(O)C12C. The first kappa shape index (κ1) is 27.6. The van der Waals surface area contributed by atoms with Crippen LogP contribution in [-0.2, 0) is 0 Å². The molecule has 4 heteroatoms. The van der Waals surface area contributed by atoms with Gasteiger partial charge in [-0.15, -0.1) is 0 Å². The molecule has 0 aliphatic heterocycles. The van der Waals surface area contributed by atoms with Gasteiger partial charge < -0.3 is 20.6 Å². The van der Waals surface area contributed by atoms with Gasteiger partial charge in [-0.25, -0.2) is 0 Å². The molecule has 208 valence electrons. The van der Waals surface area contributed by atoms with E-state index in [1.54, 1.807) is 0 Å². The van der Waals surface area contributed by atoms with E-state index in [0.717, 1.165) is 50.1 Å². The Bertz CT molecular complexity index is 893. The van der Waals surface area contributed by atoms with Gasteiger partial charge in [0.2, 0.25) is 0 Å². The fraction of sp³-hybridized carbons (Fsp3) is 0.818. The molecular formula is C33H53NO3. The maximum atomic E-state index is 11.8. The summed E-state index contributed by atoms with van der Waals surface area (Å²) in [4.78, 5) is 0. The Morgan fingerprint density at radius 2 is 1.70 bits per heavy atom. The Morgan fingerprint density at radius 3 is 2.46 bits per heavy atom. The van der Waals surface area contributed by atoms with Crippen LogP contribution in [0.25, 0.3) is 0 Å². The first-order valence-electron chi connectivity index (χ1n) is 15.5. The summed E-state index contributed by atoms with van der Waals surface area (Å²) in [7, 11) is 0. The number of nitrogens with one attached hydrogen (secondary N) is 1. The molecule has 1 aromatic carbocycles. The number of rotatable bonds is 8. The molecule has 37 heavy (non-hydrogen) atoms. The van der Waals surface area contributed by atoms with Crippen molar-refractivity contribution in [3.63, 3.8) is 0 Å². The van der Waals surface area contributed by atoms with Gasteiger partial charge in [0.05, 0.1) is 18.3 Å². The first-order chi connectivity index (χ1) is 17.7. The molecule has 12 atom stereocenters. The predicted octanol–water partition coefficient (Wildman–Crippen LogP) is 6.11. The summed E-state index contributed by atoms with van der Waals surface area (Å²) in [6.45, 7) is 10.4. The van der Waals surface area contributed by atoms with E-state index in [0.29, 0.717) is 35.0 Å². The summed E-state index contributed by atoms with van der Waals surface area (Å²) in [5.74, 6) is 3.87. The standard InChI is InChI=1S/C33H53NO3/c1-21(9-8-18-34-22(2)31(37)23-10-6-5-7-11-23)27-14-15-28-26-13-12-24-19-25(35)16-17-32(24,3)29(26)20-30(36)33(27,28)4/h5-7,10-11,21-22,24-31,34-37H,8-9,12-20H2,1-4H3. The largest absolute Gasteiger partial charge is 0.393 e. The van der Waals surface area contributed by atoms with Gasteiger partial charge in [0, 0.05) is 6.04 Å². The molecule has 4 nitrogen and oxygen atoms in total. The van der Waals surface area contributed by atoms with Crippen LogP contribution in [0.5, 0.6) is 0 Å². The summed E-state index contributed by atoms with van der Waals surface area (Å²) in [6, 6.07) is 9.96. The lowest BCUT2D eigenvalue weighted by atomic mass is 9.43. The van der Waals surface area contributed by atoms with E-state index in [4.69, 9.17) is 0 Å². The van der Waals surface area contributed by atoms with E-state index in [-0.39, 0.29) is 23.7 Å². The third-order valence-corrected chi connectivity index (χ3v) is 12.4. The lowest BCUT2D eigenvalue weighted by Crippen LogP contribution is -2.58. The number of aliphatic hydroxyl groups excluding tert-OH is 3. The maximum absolute atomic E-state index is 11.8. The second-order valence-electron chi connectivity index (χ2n) is 14.1. The zero-order valence-electron chi connectivity index (χ0n) is 23.8. The molecule has 0 heterocycles. The molecule has 0 bridgehead atoms. The summed E-state index contributed by atoms with van der Waals surface area (Å²) in [6.07, 6.45) is 10.6. The van der Waals surface area contributed by atoms with Crippen LogP contribution in [0.3, 0.4) is 0 Å². The van der Waals surface area contributed by atoms with E-state index < -0.39 is 6.10 Å². The average molecular weight is 512 g/mol. The average Bonchev–Trinajstić information content (AvgIpc) is 3.26. The Balaban J connectivity index is 1.17. The molecule has 0 spiro atoms. The van der Waals surface area contributed by atoms with Crippen molar-refractivity contribution in [2.45, 2.75) is 116 Å². The van der Waals surface area contributed by atoms with E-state index in [9.17, 15) is 15.3 Å². The fourth-order valence-electron chi connectivity index (χ4n) is 10.2. The number of hydrogen-bond donors (Lipinski definition) is 4. The Labute approximate surface area is 225 Å². The van der Waals surface area contributed by atoms with Crippen LogP contribution in [0.1, 0.15) is 104 Å². The second-order valence-corrected chi connectivity index (χ2v) is 14.1. The van der Waals surface area contributed by atoms with Gasteiger partial charge in [0.1, 0.15) is 0 Å². The number of aliphatic hydroxyl groups is 3. The highest BCUT2D eigenvalue weighted by molar-refractivity contribution is 5.18. The first-order valence-corrected chi connectivity index (χ1v) is 15.5. The normalized spacial score (nSPS) is 43.8. The molecule has 12 unspecified atom stereocenters. The van der Waals surface area contributed by atoms with Gasteiger partial charge in [-0.3, -0.25) is 0 Å². The molecule has 5 rings (SSSR count). The minimum Gasteiger partial charge on any atom is -0.393 e. The highest BCUT2D eigenvalue weighted by Gasteiger charge is 2.63. The molecule has 0 aromatic heterocycles. The lowest BCUT2D eigenvalue weighted by Gasteiger charge is -2.62. The third kappa shape index (κ3) is 4.94. The van der Waals surface area contributed by atoms with Gasteiger partial charge in [0.15, 0.2) is 0 Å². The molecule has 4 saturated carbocycles. The van der Waals surface area contributed by atoms with E-state index in [1.165, 1.54) is 32.1 Å². The molecule has 4 aliphatic rings. The van der Waals surface area contributed by atoms with Crippen molar-refractivity contribution in [2.75, 3.05) is 6.54 Å². The third-order valence-electron chi connectivity index (χ3n) is 12.4. The molecule has 4 fully saturated rings. The topological polar surface area (TPSA) is 72.7 Å². The van der Waals surface area contributed by atoms with Crippen molar-refractivity contribution in [3.05, 3.63) is 35.9 Å². The van der Waals surface area contributed by atoms with Crippen LogP contribution in [0.4, 0.5) is 0 Å². The quantitative estimate of drug-likeness (QED) is 0.318. The molecule has 4 N–H and O–H groups in total. The number of benzene rings is 1. The second kappa shape index (κ2) is 10.9. The number of fused-ring (bicyclic) bond motifs is 5. The van der Waals surface area contributed by atoms with Gasteiger partial charge >= 0.3 is 0 Å². The van der Waals surface area contributed by atoms with Gasteiger partial charge in [-0.05, 0) is 130 Å². The molecule has 0 saturated heterocycles. The van der Waals surface area contributed by atoms with Gasteiger partial charge in [0.25, 0.3) is 0 Å². The Hall–Kier alpha value is -0.940. The zero-order valence-corrected chi connectivity index (χ0v) is 23.8. The molecule has 0 radical (unpaired) electrons. The Morgan fingerprint density at radius 1 is 0.946 bits per heavy atom. The van der Waals surface area contributed by atoms with Crippen molar-refractivity contribution in [2.24, 2.45) is 46.3 Å². The Kier molecular flexibility index (Phi) is 8.14. The highest BCUT2D eigenvalue weighted by Crippen LogP contribution is 2.68. The van der Waals surface area contributed by atoms with Crippen LogP contribution in [0, 0.1) is 46.3 Å². The van der Waals surface area contributed by atoms with E-state index >= 15 is 0 Å². The molecule has 4 aliphatic carbocycles. The van der Waals surface area contributed by atoms with Crippen molar-refractivity contribution in [3.8, 4) is 0 Å². The smallest absolute Gasteiger partial charge is 0.0940 e.